The molecule has 0 spiro atoms. The molecule has 1 fully saturated rings. The number of hydrogen-bond acceptors (Lipinski definition) is 5. The van der Waals surface area contributed by atoms with Gasteiger partial charge in [0.1, 0.15) is 17.5 Å². The smallest absolute Gasteiger partial charge is 0.133 e. The minimum absolute atomic E-state index is 0.102. The first-order chi connectivity index (χ1) is 8.97. The molecule has 0 radical (unpaired) electrons. The maximum atomic E-state index is 9.78. The van der Waals surface area contributed by atoms with E-state index in [0.717, 1.165) is 36.7 Å². The van der Waals surface area contributed by atoms with Crippen molar-refractivity contribution in [3.8, 4) is 0 Å². The Labute approximate surface area is 114 Å². The van der Waals surface area contributed by atoms with Gasteiger partial charge in [0.25, 0.3) is 0 Å². The number of aromatic nitrogens is 2. The standard InChI is InChI=1S/C14H24N4O/c1-5-6-11-17-12(15-4)8-13(18-11)16-9-7-10(19)14(9,2)3/h8-10,19H,5-7H2,1-4H3,(H2,15,16,17,18). The van der Waals surface area contributed by atoms with Gasteiger partial charge in [0.05, 0.1) is 6.10 Å². The van der Waals surface area contributed by atoms with Gasteiger partial charge in [-0.15, -0.1) is 0 Å². The lowest BCUT2D eigenvalue weighted by Crippen LogP contribution is -2.57. The highest BCUT2D eigenvalue weighted by Gasteiger charge is 2.47. The van der Waals surface area contributed by atoms with Crippen molar-refractivity contribution in [1.82, 2.24) is 9.97 Å². The molecule has 0 aliphatic heterocycles. The Hall–Kier alpha value is -1.36. The molecule has 5 heteroatoms. The summed E-state index contributed by atoms with van der Waals surface area (Å²) in [5, 5.41) is 16.3. The fourth-order valence-electron chi connectivity index (χ4n) is 2.36. The monoisotopic (exact) mass is 264 g/mol. The summed E-state index contributed by atoms with van der Waals surface area (Å²) in [6, 6.07) is 2.18. The molecular formula is C14H24N4O. The van der Waals surface area contributed by atoms with Crippen molar-refractivity contribution in [3.05, 3.63) is 11.9 Å². The second-order valence-corrected chi connectivity index (χ2v) is 5.82. The molecule has 0 aromatic carbocycles. The van der Waals surface area contributed by atoms with Crippen molar-refractivity contribution in [2.75, 3.05) is 17.7 Å². The van der Waals surface area contributed by atoms with Gasteiger partial charge in [0.15, 0.2) is 0 Å². The molecule has 5 nitrogen and oxygen atoms in total. The van der Waals surface area contributed by atoms with Gasteiger partial charge in [0, 0.05) is 31.0 Å². The van der Waals surface area contributed by atoms with E-state index in [1.54, 1.807) is 0 Å². The quantitative estimate of drug-likeness (QED) is 0.759. The first-order valence-electron chi connectivity index (χ1n) is 6.97. The fraction of sp³-hybridized carbons (Fsp3) is 0.714. The SMILES string of the molecule is CCCc1nc(NC)cc(NC2CC(O)C2(C)C)n1. The highest BCUT2D eigenvalue weighted by Crippen LogP contribution is 2.42. The summed E-state index contributed by atoms with van der Waals surface area (Å²) >= 11 is 0. The minimum Gasteiger partial charge on any atom is -0.392 e. The van der Waals surface area contributed by atoms with Gasteiger partial charge in [0.2, 0.25) is 0 Å². The lowest BCUT2D eigenvalue weighted by atomic mass is 9.64. The highest BCUT2D eigenvalue weighted by molar-refractivity contribution is 5.48. The Morgan fingerprint density at radius 2 is 2.05 bits per heavy atom. The Kier molecular flexibility index (Phi) is 3.94. The molecule has 2 unspecified atom stereocenters. The largest absolute Gasteiger partial charge is 0.392 e. The molecule has 1 aliphatic carbocycles. The second kappa shape index (κ2) is 5.33. The average molecular weight is 264 g/mol. The summed E-state index contributed by atoms with van der Waals surface area (Å²) in [5.41, 5.74) is -0.102. The van der Waals surface area contributed by atoms with Crippen LogP contribution >= 0.6 is 0 Å². The molecule has 0 saturated heterocycles. The van der Waals surface area contributed by atoms with E-state index in [4.69, 9.17) is 0 Å². The molecule has 106 valence electrons. The molecule has 19 heavy (non-hydrogen) atoms. The molecule has 0 bridgehead atoms. The lowest BCUT2D eigenvalue weighted by molar-refractivity contribution is -0.0511. The third-order valence-electron chi connectivity index (χ3n) is 4.04. The number of nitrogens with zero attached hydrogens (tertiary/aromatic N) is 2. The first-order valence-corrected chi connectivity index (χ1v) is 6.97. The molecular weight excluding hydrogens is 240 g/mol. The zero-order valence-electron chi connectivity index (χ0n) is 12.2. The number of anilines is 2. The number of hydrogen-bond donors (Lipinski definition) is 3. The molecule has 1 aliphatic rings. The van der Waals surface area contributed by atoms with Crippen LogP contribution in [0.1, 0.15) is 39.4 Å². The van der Waals surface area contributed by atoms with Crippen LogP contribution in [-0.4, -0.2) is 34.3 Å². The van der Waals surface area contributed by atoms with Crippen LogP contribution in [0.5, 0.6) is 0 Å². The van der Waals surface area contributed by atoms with Crippen molar-refractivity contribution in [2.24, 2.45) is 5.41 Å². The number of aliphatic hydroxyl groups excluding tert-OH is 1. The van der Waals surface area contributed by atoms with Crippen molar-refractivity contribution in [3.63, 3.8) is 0 Å². The van der Waals surface area contributed by atoms with Crippen LogP contribution in [-0.2, 0) is 6.42 Å². The van der Waals surface area contributed by atoms with Gasteiger partial charge < -0.3 is 15.7 Å². The van der Waals surface area contributed by atoms with Crippen LogP contribution in [0.4, 0.5) is 11.6 Å². The van der Waals surface area contributed by atoms with Gasteiger partial charge in [-0.05, 0) is 12.8 Å². The summed E-state index contributed by atoms with van der Waals surface area (Å²) in [6.07, 6.45) is 2.45. The van der Waals surface area contributed by atoms with E-state index in [0.29, 0.717) is 0 Å². The Morgan fingerprint density at radius 3 is 2.58 bits per heavy atom. The maximum absolute atomic E-state index is 9.78. The number of rotatable bonds is 5. The van der Waals surface area contributed by atoms with Gasteiger partial charge in [-0.2, -0.15) is 0 Å². The van der Waals surface area contributed by atoms with E-state index in [-0.39, 0.29) is 17.6 Å². The zero-order valence-corrected chi connectivity index (χ0v) is 12.2. The molecule has 2 atom stereocenters. The number of nitrogens with one attached hydrogen (secondary N) is 2. The third kappa shape index (κ3) is 2.81. The fourth-order valence-corrected chi connectivity index (χ4v) is 2.36. The highest BCUT2D eigenvalue weighted by atomic mass is 16.3. The maximum Gasteiger partial charge on any atom is 0.133 e. The predicted octanol–water partition coefficient (Wildman–Crippen LogP) is 2.04. The second-order valence-electron chi connectivity index (χ2n) is 5.82. The van der Waals surface area contributed by atoms with Crippen LogP contribution in [0.15, 0.2) is 6.07 Å². The molecule has 1 heterocycles. The summed E-state index contributed by atoms with van der Waals surface area (Å²) in [4.78, 5) is 8.97. The molecule has 1 saturated carbocycles. The summed E-state index contributed by atoms with van der Waals surface area (Å²) in [7, 11) is 1.86. The third-order valence-corrected chi connectivity index (χ3v) is 4.04. The lowest BCUT2D eigenvalue weighted by Gasteiger charge is -2.49. The van der Waals surface area contributed by atoms with Crippen molar-refractivity contribution in [2.45, 2.75) is 52.2 Å². The number of aliphatic hydroxyl groups is 1. The Bertz CT molecular complexity index is 447. The van der Waals surface area contributed by atoms with E-state index in [9.17, 15) is 5.11 Å². The van der Waals surface area contributed by atoms with Crippen molar-refractivity contribution in [1.29, 1.82) is 0 Å². The molecule has 1 aromatic heterocycles. The van der Waals surface area contributed by atoms with Crippen LogP contribution in [0.3, 0.4) is 0 Å². The Balaban J connectivity index is 2.13. The summed E-state index contributed by atoms with van der Waals surface area (Å²) in [5.74, 6) is 2.53. The van der Waals surface area contributed by atoms with Gasteiger partial charge >= 0.3 is 0 Å². The van der Waals surface area contributed by atoms with Gasteiger partial charge in [-0.3, -0.25) is 0 Å². The Morgan fingerprint density at radius 1 is 1.37 bits per heavy atom. The van der Waals surface area contributed by atoms with Crippen LogP contribution in [0.25, 0.3) is 0 Å². The summed E-state index contributed by atoms with van der Waals surface area (Å²) in [6.45, 7) is 6.27. The molecule has 1 aromatic rings. The van der Waals surface area contributed by atoms with E-state index in [1.165, 1.54) is 0 Å². The molecule has 2 rings (SSSR count). The topological polar surface area (TPSA) is 70.1 Å². The van der Waals surface area contributed by atoms with Gasteiger partial charge in [-0.1, -0.05) is 20.8 Å². The summed E-state index contributed by atoms with van der Waals surface area (Å²) < 4.78 is 0. The average Bonchev–Trinajstić information content (AvgIpc) is 2.38. The van der Waals surface area contributed by atoms with Crippen LogP contribution < -0.4 is 10.6 Å². The van der Waals surface area contributed by atoms with Crippen molar-refractivity contribution < 1.29 is 5.11 Å². The van der Waals surface area contributed by atoms with Crippen molar-refractivity contribution >= 4 is 11.6 Å². The van der Waals surface area contributed by atoms with E-state index >= 15 is 0 Å². The van der Waals surface area contributed by atoms with E-state index < -0.39 is 0 Å². The number of aryl methyl sites for hydroxylation is 1. The normalized spacial score (nSPS) is 24.7. The molecule has 3 N–H and O–H groups in total. The first kappa shape index (κ1) is 14.1. The van der Waals surface area contributed by atoms with E-state index in [1.807, 2.05) is 13.1 Å². The van der Waals surface area contributed by atoms with E-state index in [2.05, 4.69) is 41.4 Å². The van der Waals surface area contributed by atoms with Crippen LogP contribution in [0, 0.1) is 5.41 Å². The molecule has 0 amide bonds. The minimum atomic E-state index is -0.231. The van der Waals surface area contributed by atoms with Crippen LogP contribution in [0.2, 0.25) is 0 Å². The van der Waals surface area contributed by atoms with Gasteiger partial charge in [-0.25, -0.2) is 9.97 Å². The zero-order chi connectivity index (χ0) is 14.0. The predicted molar refractivity (Wildman–Crippen MR) is 77.4 cm³/mol.